The molecule has 0 aliphatic carbocycles. The summed E-state index contributed by atoms with van der Waals surface area (Å²) in [6.07, 6.45) is 0. The Balaban J connectivity index is 2.04. The quantitative estimate of drug-likeness (QED) is 0.484. The molecular formula is C21H14ClN3. The summed E-state index contributed by atoms with van der Waals surface area (Å²) < 4.78 is 114. The van der Waals surface area contributed by atoms with Gasteiger partial charge in [-0.2, -0.15) is 9.97 Å². The smallest absolute Gasteiger partial charge is 0.208 e. The fraction of sp³-hybridized carbons (Fsp3) is 0. The molecule has 4 heteroatoms. The average molecular weight is 358 g/mol. The summed E-state index contributed by atoms with van der Waals surface area (Å²) in [4.78, 5) is 11.7. The predicted molar refractivity (Wildman–Crippen MR) is 101 cm³/mol. The molecule has 3 nitrogen and oxygen atoms in total. The van der Waals surface area contributed by atoms with Crippen LogP contribution >= 0.6 is 11.6 Å². The molecule has 0 saturated heterocycles. The van der Waals surface area contributed by atoms with Gasteiger partial charge in [0.15, 0.2) is 11.6 Å². The minimum atomic E-state index is -0.759. The van der Waals surface area contributed by atoms with Crippen LogP contribution < -0.4 is 0 Å². The molecule has 1 heterocycles. The van der Waals surface area contributed by atoms with E-state index in [0.717, 1.165) is 0 Å². The zero-order chi connectivity index (χ0) is 29.2. The maximum atomic E-state index is 8.53. The Kier molecular flexibility index (Phi) is 1.74. The Morgan fingerprint density at radius 1 is 0.520 bits per heavy atom. The van der Waals surface area contributed by atoms with Crippen LogP contribution in [0, 0.1) is 0 Å². The Morgan fingerprint density at radius 2 is 0.920 bits per heavy atom. The van der Waals surface area contributed by atoms with E-state index in [1.54, 1.807) is 0 Å². The lowest BCUT2D eigenvalue weighted by molar-refractivity contribution is 1.07. The van der Waals surface area contributed by atoms with Gasteiger partial charge in [-0.1, -0.05) is 84.6 Å². The number of hydrogen-bond donors (Lipinski definition) is 0. The molecule has 0 aliphatic rings. The summed E-state index contributed by atoms with van der Waals surface area (Å²) in [5.41, 5.74) is -2.01. The highest BCUT2D eigenvalue weighted by molar-refractivity contribution is 6.28. The number of aromatic nitrogens is 3. The molecule has 0 radical (unpaired) electrons. The third-order valence-electron chi connectivity index (χ3n) is 2.93. The molecule has 0 unspecified atom stereocenters. The van der Waals surface area contributed by atoms with E-state index in [4.69, 9.17) is 30.8 Å². The third kappa shape index (κ3) is 3.42. The molecule has 3 aromatic carbocycles. The highest BCUT2D eigenvalue weighted by Crippen LogP contribution is 2.25. The fourth-order valence-corrected chi connectivity index (χ4v) is 2.02. The minimum absolute atomic E-state index is 0.433. The molecule has 4 rings (SSSR count). The first kappa shape index (κ1) is 6.36. The summed E-state index contributed by atoms with van der Waals surface area (Å²) in [7, 11) is 0. The number of hydrogen-bond acceptors (Lipinski definition) is 3. The Labute approximate surface area is 170 Å². The molecule has 0 spiro atoms. The fourth-order valence-electron chi connectivity index (χ4n) is 1.86. The normalized spacial score (nSPS) is 18.4. The van der Waals surface area contributed by atoms with Crippen molar-refractivity contribution >= 4 is 11.6 Å². The van der Waals surface area contributed by atoms with E-state index >= 15 is 0 Å². The van der Waals surface area contributed by atoms with Crippen molar-refractivity contribution in [1.82, 2.24) is 15.0 Å². The molecule has 120 valence electrons. The first-order valence-electron chi connectivity index (χ1n) is 13.8. The Hall–Kier alpha value is -3.04. The van der Waals surface area contributed by atoms with Crippen LogP contribution in [0.2, 0.25) is 5.28 Å². The number of benzene rings is 3. The van der Waals surface area contributed by atoms with Crippen LogP contribution in [0.15, 0.2) is 84.6 Å². The number of rotatable bonds is 3. The maximum Gasteiger partial charge on any atom is 0.226 e. The third-order valence-corrected chi connectivity index (χ3v) is 3.10. The molecule has 0 atom stereocenters. The van der Waals surface area contributed by atoms with Gasteiger partial charge in [0, 0.05) is 11.1 Å². The Morgan fingerprint density at radius 3 is 1.48 bits per heavy atom. The topological polar surface area (TPSA) is 38.7 Å². The van der Waals surface area contributed by atoms with Crippen molar-refractivity contribution in [1.29, 1.82) is 0 Å². The summed E-state index contributed by atoms with van der Waals surface area (Å²) in [5.74, 6) is -0.991. The second kappa shape index (κ2) is 6.83. The minimum Gasteiger partial charge on any atom is -0.208 e. The maximum absolute atomic E-state index is 8.53. The van der Waals surface area contributed by atoms with E-state index in [0.29, 0.717) is 0 Å². The molecule has 0 fully saturated rings. The zero-order valence-corrected chi connectivity index (χ0v) is 13.0. The lowest BCUT2D eigenvalue weighted by Gasteiger charge is -2.06. The van der Waals surface area contributed by atoms with Crippen LogP contribution in [-0.2, 0) is 0 Å². The van der Waals surface area contributed by atoms with Gasteiger partial charge in [0.05, 0.1) is 19.2 Å². The van der Waals surface area contributed by atoms with E-state index in [1.807, 2.05) is 0 Å². The van der Waals surface area contributed by atoms with Gasteiger partial charge in [0.25, 0.3) is 0 Å². The summed E-state index contributed by atoms with van der Waals surface area (Å²) in [5, 5.41) is -0.534. The standard InChI is InChI=1S/C21H14ClN3/c22-21-24-19(17-9-5-2-6-10-17)23-20(25-21)18-13-11-16(12-14-18)15-7-3-1-4-8-15/h1-14H/i1D,2D,3D,4D,5D,6D,7D,8D,9D,10D,11D,12D,13D,14D. The van der Waals surface area contributed by atoms with E-state index < -0.39 is 124 Å². The van der Waals surface area contributed by atoms with Crippen LogP contribution in [0.25, 0.3) is 33.9 Å². The molecule has 0 amide bonds. The number of halogens is 1. The lowest BCUT2D eigenvalue weighted by atomic mass is 10.0. The van der Waals surface area contributed by atoms with Crippen LogP contribution in [0.3, 0.4) is 0 Å². The second-order valence-corrected chi connectivity index (χ2v) is 4.84. The van der Waals surface area contributed by atoms with Gasteiger partial charge in [0.1, 0.15) is 0 Å². The van der Waals surface area contributed by atoms with Gasteiger partial charge in [-0.05, 0) is 22.7 Å². The van der Waals surface area contributed by atoms with Crippen molar-refractivity contribution in [3.05, 3.63) is 89.9 Å². The van der Waals surface area contributed by atoms with Gasteiger partial charge in [-0.25, -0.2) is 4.98 Å². The van der Waals surface area contributed by atoms with Crippen LogP contribution in [0.5, 0.6) is 0 Å². The first-order valence-corrected chi connectivity index (χ1v) is 7.16. The van der Waals surface area contributed by atoms with Crippen LogP contribution in [0.1, 0.15) is 19.2 Å². The molecule has 0 N–H and O–H groups in total. The van der Waals surface area contributed by atoms with Crippen molar-refractivity contribution in [2.24, 2.45) is 0 Å². The van der Waals surface area contributed by atoms with Gasteiger partial charge in [0.2, 0.25) is 5.28 Å². The Bertz CT molecular complexity index is 1640. The van der Waals surface area contributed by atoms with Crippen molar-refractivity contribution in [2.75, 3.05) is 0 Å². The average Bonchev–Trinajstić information content (AvgIpc) is 2.89. The van der Waals surface area contributed by atoms with Gasteiger partial charge in [-0.15, -0.1) is 0 Å². The van der Waals surface area contributed by atoms with Crippen LogP contribution in [0.4, 0.5) is 0 Å². The zero-order valence-electron chi connectivity index (χ0n) is 26.2. The molecular weight excluding hydrogens is 330 g/mol. The predicted octanol–water partition coefficient (Wildman–Crippen LogP) is 5.53. The molecule has 4 aromatic rings. The highest BCUT2D eigenvalue weighted by atomic mass is 35.5. The van der Waals surface area contributed by atoms with Crippen molar-refractivity contribution < 1.29 is 19.2 Å². The molecule has 25 heavy (non-hydrogen) atoms. The summed E-state index contributed by atoms with van der Waals surface area (Å²) in [6.45, 7) is 0. The van der Waals surface area contributed by atoms with Gasteiger partial charge < -0.3 is 0 Å². The molecule has 0 aliphatic heterocycles. The highest BCUT2D eigenvalue weighted by Gasteiger charge is 2.09. The monoisotopic (exact) mass is 357 g/mol. The number of nitrogens with zero attached hydrogens (tertiary/aromatic N) is 3. The lowest BCUT2D eigenvalue weighted by Crippen LogP contribution is -1.97. The van der Waals surface area contributed by atoms with Gasteiger partial charge >= 0.3 is 0 Å². The largest absolute Gasteiger partial charge is 0.226 e. The van der Waals surface area contributed by atoms with Gasteiger partial charge in [-0.3, -0.25) is 0 Å². The summed E-state index contributed by atoms with van der Waals surface area (Å²) in [6, 6.07) is -9.88. The molecule has 0 saturated carbocycles. The van der Waals surface area contributed by atoms with Crippen LogP contribution in [-0.4, -0.2) is 15.0 Å². The molecule has 0 bridgehead atoms. The summed E-state index contributed by atoms with van der Waals surface area (Å²) >= 11 is 6.03. The van der Waals surface area contributed by atoms with E-state index in [1.165, 1.54) is 0 Å². The van der Waals surface area contributed by atoms with E-state index in [2.05, 4.69) is 15.0 Å². The second-order valence-electron chi connectivity index (χ2n) is 4.50. The van der Waals surface area contributed by atoms with E-state index in [-0.39, 0.29) is 0 Å². The first-order chi connectivity index (χ1) is 18.1. The van der Waals surface area contributed by atoms with E-state index in [9.17, 15) is 0 Å². The van der Waals surface area contributed by atoms with Crippen molar-refractivity contribution in [2.45, 2.75) is 0 Å². The van der Waals surface area contributed by atoms with Crippen molar-refractivity contribution in [3.63, 3.8) is 0 Å². The molecule has 1 aromatic heterocycles. The SMILES string of the molecule is [2H]c1c([2H])c([2H])c(-c2nc(Cl)nc(-c3c([2H])c([2H])c(-c4c([2H])c([2H])c([2H])c([2H])c4[2H])c([2H])c3[2H])n2)c([2H])c1[2H]. The van der Waals surface area contributed by atoms with Crippen molar-refractivity contribution in [3.8, 4) is 33.9 Å².